The Labute approximate surface area is 96.4 Å². The second-order valence-electron chi connectivity index (χ2n) is 5.98. The van der Waals surface area contributed by atoms with Crippen LogP contribution in [0.1, 0.15) is 40.0 Å². The molecule has 2 saturated carbocycles. The lowest BCUT2D eigenvalue weighted by molar-refractivity contribution is 0.0479. The summed E-state index contributed by atoms with van der Waals surface area (Å²) in [6.45, 7) is 5.56. The van der Waals surface area contributed by atoms with Crippen molar-refractivity contribution in [1.29, 1.82) is 0 Å². The first-order chi connectivity index (χ1) is 7.37. The maximum Gasteiger partial charge on any atom is 0.407 e. The average molecular weight is 227 g/mol. The molecule has 0 unspecified atom stereocenters. The standard InChI is InChI=1S/C12H21NO3/c1-12(2,3)16-11(15)13-10-7-4-5-8(10)9(14)6-7/h7-10,14H,4-6H2,1-3H3,(H,13,15)/t7-,8-,9+,10-/m1/s1. The molecule has 0 aromatic rings. The molecule has 4 nitrogen and oxygen atoms in total. The monoisotopic (exact) mass is 227 g/mol. The Morgan fingerprint density at radius 2 is 2.06 bits per heavy atom. The maximum atomic E-state index is 11.6. The van der Waals surface area contributed by atoms with Crippen LogP contribution in [0, 0.1) is 11.8 Å². The van der Waals surface area contributed by atoms with Gasteiger partial charge in [-0.3, -0.25) is 0 Å². The summed E-state index contributed by atoms with van der Waals surface area (Å²) in [5.41, 5.74) is -0.458. The van der Waals surface area contributed by atoms with Gasteiger partial charge in [0.1, 0.15) is 5.60 Å². The number of hydrogen-bond acceptors (Lipinski definition) is 3. The Morgan fingerprint density at radius 1 is 1.38 bits per heavy atom. The van der Waals surface area contributed by atoms with E-state index < -0.39 is 5.60 Å². The van der Waals surface area contributed by atoms with E-state index in [1.807, 2.05) is 20.8 Å². The highest BCUT2D eigenvalue weighted by molar-refractivity contribution is 5.68. The van der Waals surface area contributed by atoms with Crippen LogP contribution in [0.25, 0.3) is 0 Å². The lowest BCUT2D eigenvalue weighted by Gasteiger charge is -2.23. The van der Waals surface area contributed by atoms with E-state index in [1.54, 1.807) is 0 Å². The highest BCUT2D eigenvalue weighted by Gasteiger charge is 2.48. The van der Waals surface area contributed by atoms with Crippen molar-refractivity contribution in [3.8, 4) is 0 Å². The molecule has 4 atom stereocenters. The lowest BCUT2D eigenvalue weighted by atomic mass is 9.98. The van der Waals surface area contributed by atoms with E-state index in [2.05, 4.69) is 5.32 Å². The topological polar surface area (TPSA) is 58.6 Å². The number of aliphatic hydroxyl groups is 1. The normalized spacial score (nSPS) is 37.5. The number of hydrogen-bond donors (Lipinski definition) is 2. The molecule has 0 aliphatic heterocycles. The van der Waals surface area contributed by atoms with E-state index in [9.17, 15) is 9.90 Å². The highest BCUT2D eigenvalue weighted by Crippen LogP contribution is 2.44. The van der Waals surface area contributed by atoms with Crippen molar-refractivity contribution in [2.45, 2.75) is 57.8 Å². The molecule has 0 spiro atoms. The van der Waals surface area contributed by atoms with Crippen molar-refractivity contribution < 1.29 is 14.6 Å². The molecule has 2 rings (SSSR count). The molecule has 0 saturated heterocycles. The van der Waals surface area contributed by atoms with Crippen molar-refractivity contribution in [2.75, 3.05) is 0 Å². The van der Waals surface area contributed by atoms with Crippen molar-refractivity contribution in [3.05, 3.63) is 0 Å². The van der Waals surface area contributed by atoms with Gasteiger partial charge in [-0.05, 0) is 46.0 Å². The summed E-state index contributed by atoms with van der Waals surface area (Å²) in [5.74, 6) is 0.671. The molecule has 0 aromatic heterocycles. The van der Waals surface area contributed by atoms with Gasteiger partial charge in [0, 0.05) is 12.0 Å². The van der Waals surface area contributed by atoms with Gasteiger partial charge >= 0.3 is 6.09 Å². The van der Waals surface area contributed by atoms with Crippen LogP contribution in [-0.4, -0.2) is 28.9 Å². The summed E-state index contributed by atoms with van der Waals surface area (Å²) in [6, 6.07) is 0.116. The molecule has 0 aromatic carbocycles. The summed E-state index contributed by atoms with van der Waals surface area (Å²) in [5, 5.41) is 12.6. The fourth-order valence-corrected chi connectivity index (χ4v) is 2.96. The zero-order valence-electron chi connectivity index (χ0n) is 10.2. The highest BCUT2D eigenvalue weighted by atomic mass is 16.6. The zero-order valence-corrected chi connectivity index (χ0v) is 10.2. The minimum atomic E-state index is -0.458. The number of aliphatic hydroxyl groups excluding tert-OH is 1. The van der Waals surface area contributed by atoms with Gasteiger partial charge in [0.05, 0.1) is 6.10 Å². The number of nitrogens with one attached hydrogen (secondary N) is 1. The summed E-state index contributed by atoms with van der Waals surface area (Å²) < 4.78 is 5.23. The Kier molecular flexibility index (Phi) is 2.86. The molecule has 2 aliphatic rings. The second-order valence-corrected chi connectivity index (χ2v) is 5.98. The first kappa shape index (κ1) is 11.7. The van der Waals surface area contributed by atoms with Crippen molar-refractivity contribution in [2.24, 2.45) is 11.8 Å². The number of alkyl carbamates (subject to hydrolysis) is 1. The number of carbonyl (C=O) groups excluding carboxylic acids is 1. The number of fused-ring (bicyclic) bond motifs is 2. The van der Waals surface area contributed by atoms with E-state index in [4.69, 9.17) is 4.74 Å². The third-order valence-corrected chi connectivity index (χ3v) is 3.56. The van der Waals surface area contributed by atoms with Crippen LogP contribution in [0.5, 0.6) is 0 Å². The zero-order chi connectivity index (χ0) is 11.9. The van der Waals surface area contributed by atoms with Crippen molar-refractivity contribution in [1.82, 2.24) is 5.32 Å². The number of rotatable bonds is 1. The molecule has 0 radical (unpaired) electrons. The fourth-order valence-electron chi connectivity index (χ4n) is 2.96. The molecule has 2 bridgehead atoms. The van der Waals surface area contributed by atoms with Gasteiger partial charge in [-0.1, -0.05) is 0 Å². The van der Waals surface area contributed by atoms with Crippen LogP contribution in [0.3, 0.4) is 0 Å². The molecule has 0 heterocycles. The minimum absolute atomic E-state index is 0.116. The summed E-state index contributed by atoms with van der Waals surface area (Å²) in [4.78, 5) is 11.6. The van der Waals surface area contributed by atoms with Gasteiger partial charge in [0.25, 0.3) is 0 Å². The van der Waals surface area contributed by atoms with Gasteiger partial charge in [0.2, 0.25) is 0 Å². The molecule has 4 heteroatoms. The molecule has 2 fully saturated rings. The van der Waals surface area contributed by atoms with Crippen molar-refractivity contribution in [3.63, 3.8) is 0 Å². The molecule has 16 heavy (non-hydrogen) atoms. The SMILES string of the molecule is CC(C)(C)OC(=O)N[C@@H]1[C@@H]2CC[C@@H]1[C@@H](O)C2. The number of ether oxygens (including phenoxy) is 1. The quantitative estimate of drug-likeness (QED) is 0.716. The maximum absolute atomic E-state index is 11.6. The number of carbonyl (C=O) groups is 1. The molecule has 1 amide bonds. The summed E-state index contributed by atoms with van der Waals surface area (Å²) in [6.07, 6.45) is 2.36. The average Bonchev–Trinajstić information content (AvgIpc) is 2.57. The molecular weight excluding hydrogens is 206 g/mol. The van der Waals surface area contributed by atoms with Crippen LogP contribution in [0.4, 0.5) is 4.79 Å². The Bertz CT molecular complexity index is 284. The number of amides is 1. The predicted octanol–water partition coefficient (Wildman–Crippen LogP) is 1.67. The predicted molar refractivity (Wildman–Crippen MR) is 60.0 cm³/mol. The van der Waals surface area contributed by atoms with E-state index >= 15 is 0 Å². The first-order valence-electron chi connectivity index (χ1n) is 6.04. The van der Waals surface area contributed by atoms with Crippen LogP contribution >= 0.6 is 0 Å². The van der Waals surface area contributed by atoms with E-state index in [0.29, 0.717) is 5.92 Å². The van der Waals surface area contributed by atoms with Gasteiger partial charge in [-0.2, -0.15) is 0 Å². The summed E-state index contributed by atoms with van der Waals surface area (Å²) in [7, 11) is 0. The van der Waals surface area contributed by atoms with Gasteiger partial charge in [0.15, 0.2) is 0 Å². The Balaban J connectivity index is 1.89. The van der Waals surface area contributed by atoms with E-state index in [1.165, 1.54) is 0 Å². The third-order valence-electron chi connectivity index (χ3n) is 3.56. The molecule has 2 N–H and O–H groups in total. The Hall–Kier alpha value is -0.770. The van der Waals surface area contributed by atoms with Crippen LogP contribution in [0.15, 0.2) is 0 Å². The van der Waals surface area contributed by atoms with Gasteiger partial charge < -0.3 is 15.2 Å². The van der Waals surface area contributed by atoms with Crippen LogP contribution < -0.4 is 5.32 Å². The van der Waals surface area contributed by atoms with Crippen molar-refractivity contribution >= 4 is 6.09 Å². The van der Waals surface area contributed by atoms with E-state index in [0.717, 1.165) is 19.3 Å². The Morgan fingerprint density at radius 3 is 2.50 bits per heavy atom. The molecular formula is C12H21NO3. The lowest BCUT2D eigenvalue weighted by Crippen LogP contribution is -2.42. The van der Waals surface area contributed by atoms with Crippen LogP contribution in [0.2, 0.25) is 0 Å². The molecule has 92 valence electrons. The van der Waals surface area contributed by atoms with Gasteiger partial charge in [-0.25, -0.2) is 4.79 Å². The first-order valence-corrected chi connectivity index (χ1v) is 6.04. The third kappa shape index (κ3) is 2.32. The molecule has 2 aliphatic carbocycles. The largest absolute Gasteiger partial charge is 0.444 e. The van der Waals surface area contributed by atoms with Gasteiger partial charge in [-0.15, -0.1) is 0 Å². The van der Waals surface area contributed by atoms with E-state index in [-0.39, 0.29) is 24.2 Å². The van der Waals surface area contributed by atoms with Crippen LogP contribution in [-0.2, 0) is 4.74 Å². The fraction of sp³-hybridized carbons (Fsp3) is 0.917. The summed E-state index contributed by atoms with van der Waals surface area (Å²) >= 11 is 0. The smallest absolute Gasteiger partial charge is 0.407 e. The minimum Gasteiger partial charge on any atom is -0.444 e. The second kappa shape index (κ2) is 3.91.